The van der Waals surface area contributed by atoms with Crippen molar-refractivity contribution in [3.05, 3.63) is 52.4 Å². The molecule has 2 aromatic rings. The maximum Gasteiger partial charge on any atom is 0.319 e. The fraction of sp³-hybridized carbons (Fsp3) is 0.312. The van der Waals surface area contributed by atoms with Crippen molar-refractivity contribution in [1.29, 1.82) is 0 Å². The number of ether oxygens (including phenoxy) is 1. The molecule has 1 aromatic heterocycles. The van der Waals surface area contributed by atoms with Crippen molar-refractivity contribution in [3.63, 3.8) is 0 Å². The zero-order chi connectivity index (χ0) is 16.7. The van der Waals surface area contributed by atoms with Gasteiger partial charge in [-0.15, -0.1) is 11.8 Å². The summed E-state index contributed by atoms with van der Waals surface area (Å²) in [6.07, 6.45) is 0. The molecule has 1 heterocycles. The predicted octanol–water partition coefficient (Wildman–Crippen LogP) is 3.11. The fourth-order valence-electron chi connectivity index (χ4n) is 1.76. The first-order valence-corrected chi connectivity index (χ1v) is 9.06. The standard InChI is InChI=1S/C16H18N2O3S2/c1-3-21-15(20)11(2)23-16-17-12(9-14(19)18-16)10-22-13-7-5-4-6-8-13/h4-9,11H,3,10H2,1-2H3,(H,17,18,19). The second-order valence-corrected chi connectivity index (χ2v) is 7.03. The van der Waals surface area contributed by atoms with E-state index in [0.29, 0.717) is 23.2 Å². The Morgan fingerprint density at radius 2 is 2.09 bits per heavy atom. The number of H-pyrrole nitrogens is 1. The van der Waals surface area contributed by atoms with Gasteiger partial charge in [0.1, 0.15) is 5.25 Å². The van der Waals surface area contributed by atoms with Gasteiger partial charge in [-0.1, -0.05) is 30.0 Å². The molecule has 0 fully saturated rings. The highest BCUT2D eigenvalue weighted by Gasteiger charge is 2.17. The molecule has 23 heavy (non-hydrogen) atoms. The highest BCUT2D eigenvalue weighted by Crippen LogP contribution is 2.23. The van der Waals surface area contributed by atoms with Crippen molar-refractivity contribution in [2.24, 2.45) is 0 Å². The number of carbonyl (C=O) groups excluding carboxylic acids is 1. The van der Waals surface area contributed by atoms with E-state index in [1.54, 1.807) is 25.6 Å². The summed E-state index contributed by atoms with van der Waals surface area (Å²) in [5.74, 6) is 0.277. The molecule has 0 aliphatic carbocycles. The topological polar surface area (TPSA) is 72.0 Å². The Kier molecular flexibility index (Phi) is 6.73. The number of aromatic amines is 1. The second-order valence-electron chi connectivity index (χ2n) is 4.66. The van der Waals surface area contributed by atoms with Crippen LogP contribution in [-0.2, 0) is 15.3 Å². The van der Waals surface area contributed by atoms with Crippen molar-refractivity contribution in [2.45, 2.75) is 34.9 Å². The minimum absolute atomic E-state index is 0.220. The monoisotopic (exact) mass is 350 g/mol. The maximum atomic E-state index is 11.8. The molecule has 0 radical (unpaired) electrons. The summed E-state index contributed by atoms with van der Waals surface area (Å²) in [7, 11) is 0. The van der Waals surface area contributed by atoms with Crippen molar-refractivity contribution >= 4 is 29.5 Å². The summed E-state index contributed by atoms with van der Waals surface area (Å²) in [5.41, 5.74) is 0.461. The Morgan fingerprint density at radius 1 is 1.35 bits per heavy atom. The third kappa shape index (κ3) is 5.76. The summed E-state index contributed by atoms with van der Waals surface area (Å²) in [6.45, 7) is 3.83. The zero-order valence-electron chi connectivity index (χ0n) is 12.9. The Balaban J connectivity index is 2.03. The summed E-state index contributed by atoms with van der Waals surface area (Å²) in [6, 6.07) is 11.4. The van der Waals surface area contributed by atoms with Gasteiger partial charge in [-0.2, -0.15) is 0 Å². The average molecular weight is 350 g/mol. The molecule has 0 aliphatic rings. The van der Waals surface area contributed by atoms with Gasteiger partial charge in [-0.25, -0.2) is 4.98 Å². The Bertz CT molecular complexity index is 704. The zero-order valence-corrected chi connectivity index (χ0v) is 14.6. The molecule has 0 aliphatic heterocycles. The molecule has 0 saturated carbocycles. The van der Waals surface area contributed by atoms with Crippen LogP contribution >= 0.6 is 23.5 Å². The van der Waals surface area contributed by atoms with Gasteiger partial charge in [0.05, 0.1) is 12.3 Å². The Morgan fingerprint density at radius 3 is 2.78 bits per heavy atom. The van der Waals surface area contributed by atoms with Crippen LogP contribution in [0, 0.1) is 0 Å². The van der Waals surface area contributed by atoms with Gasteiger partial charge in [-0.05, 0) is 26.0 Å². The second kappa shape index (κ2) is 8.79. The molecule has 7 heteroatoms. The first-order chi connectivity index (χ1) is 11.1. The van der Waals surface area contributed by atoms with Gasteiger partial charge >= 0.3 is 5.97 Å². The Labute approximate surface area is 143 Å². The van der Waals surface area contributed by atoms with Crippen molar-refractivity contribution in [2.75, 3.05) is 6.61 Å². The molecule has 0 amide bonds. The quantitative estimate of drug-likeness (QED) is 0.470. The number of thioether (sulfide) groups is 2. The molecule has 1 aromatic carbocycles. The van der Waals surface area contributed by atoms with E-state index in [2.05, 4.69) is 9.97 Å². The van der Waals surface area contributed by atoms with E-state index in [1.807, 2.05) is 30.3 Å². The lowest BCUT2D eigenvalue weighted by Crippen LogP contribution is -2.18. The van der Waals surface area contributed by atoms with Crippen LogP contribution in [0.5, 0.6) is 0 Å². The number of esters is 1. The van der Waals surface area contributed by atoms with Gasteiger partial charge in [-0.3, -0.25) is 9.59 Å². The minimum Gasteiger partial charge on any atom is -0.465 e. The van der Waals surface area contributed by atoms with Crippen LogP contribution in [0.15, 0.2) is 51.2 Å². The minimum atomic E-state index is -0.421. The van der Waals surface area contributed by atoms with Crippen LogP contribution < -0.4 is 5.56 Å². The summed E-state index contributed by atoms with van der Waals surface area (Å²) >= 11 is 2.80. The van der Waals surface area contributed by atoms with Crippen LogP contribution in [-0.4, -0.2) is 27.8 Å². The van der Waals surface area contributed by atoms with Crippen LogP contribution in [0.2, 0.25) is 0 Å². The highest BCUT2D eigenvalue weighted by molar-refractivity contribution is 8.00. The number of nitrogens with one attached hydrogen (secondary N) is 1. The number of hydrogen-bond donors (Lipinski definition) is 1. The maximum absolute atomic E-state index is 11.8. The SMILES string of the molecule is CCOC(=O)C(C)Sc1nc(CSc2ccccc2)cc(=O)[nH]1. The van der Waals surface area contributed by atoms with Gasteiger partial charge in [0.2, 0.25) is 0 Å². The highest BCUT2D eigenvalue weighted by atomic mass is 32.2. The molecular weight excluding hydrogens is 332 g/mol. The molecule has 1 unspecified atom stereocenters. The molecule has 122 valence electrons. The number of nitrogens with zero attached hydrogens (tertiary/aromatic N) is 1. The third-order valence-corrected chi connectivity index (χ3v) is 4.82. The van der Waals surface area contributed by atoms with Gasteiger partial charge in [0.25, 0.3) is 5.56 Å². The molecule has 0 spiro atoms. The molecule has 1 N–H and O–H groups in total. The normalized spacial score (nSPS) is 11.9. The smallest absolute Gasteiger partial charge is 0.319 e. The lowest BCUT2D eigenvalue weighted by atomic mass is 10.4. The summed E-state index contributed by atoms with van der Waals surface area (Å²) in [4.78, 5) is 31.6. The number of aromatic nitrogens is 2. The number of carbonyl (C=O) groups is 1. The van der Waals surface area contributed by atoms with Crippen LogP contribution in [0.4, 0.5) is 0 Å². The predicted molar refractivity (Wildman–Crippen MR) is 92.8 cm³/mol. The molecule has 0 bridgehead atoms. The average Bonchev–Trinajstić information content (AvgIpc) is 2.53. The van der Waals surface area contributed by atoms with Crippen molar-refractivity contribution < 1.29 is 9.53 Å². The first-order valence-electron chi connectivity index (χ1n) is 7.20. The summed E-state index contributed by atoms with van der Waals surface area (Å²) < 4.78 is 4.96. The van der Waals surface area contributed by atoms with E-state index >= 15 is 0 Å². The summed E-state index contributed by atoms with van der Waals surface area (Å²) in [5, 5.41) is 0.0110. The third-order valence-electron chi connectivity index (χ3n) is 2.81. The number of hydrogen-bond acceptors (Lipinski definition) is 6. The van der Waals surface area contributed by atoms with E-state index < -0.39 is 5.25 Å². The van der Waals surface area contributed by atoms with E-state index in [-0.39, 0.29) is 11.5 Å². The molecule has 0 saturated heterocycles. The van der Waals surface area contributed by atoms with Crippen LogP contribution in [0.25, 0.3) is 0 Å². The fourth-order valence-corrected chi connectivity index (χ4v) is 3.40. The van der Waals surface area contributed by atoms with Crippen LogP contribution in [0.3, 0.4) is 0 Å². The molecule has 1 atom stereocenters. The largest absolute Gasteiger partial charge is 0.465 e. The number of rotatable bonds is 7. The van der Waals surface area contributed by atoms with E-state index in [4.69, 9.17) is 4.74 Å². The van der Waals surface area contributed by atoms with E-state index in [9.17, 15) is 9.59 Å². The van der Waals surface area contributed by atoms with Gasteiger partial charge in [0.15, 0.2) is 5.16 Å². The van der Waals surface area contributed by atoms with Crippen molar-refractivity contribution in [1.82, 2.24) is 9.97 Å². The van der Waals surface area contributed by atoms with Crippen LogP contribution in [0.1, 0.15) is 19.5 Å². The first kappa shape index (κ1) is 17.6. The van der Waals surface area contributed by atoms with Gasteiger partial charge in [0, 0.05) is 16.7 Å². The molecule has 5 nitrogen and oxygen atoms in total. The molecular formula is C16H18N2O3S2. The van der Waals surface area contributed by atoms with Crippen molar-refractivity contribution in [3.8, 4) is 0 Å². The lowest BCUT2D eigenvalue weighted by molar-refractivity contribution is -0.142. The van der Waals surface area contributed by atoms with Gasteiger partial charge < -0.3 is 9.72 Å². The molecule has 2 rings (SSSR count). The van der Waals surface area contributed by atoms with E-state index in [1.165, 1.54) is 17.8 Å². The Hall–Kier alpha value is -1.73. The number of benzene rings is 1. The lowest BCUT2D eigenvalue weighted by Gasteiger charge is -2.10. The van der Waals surface area contributed by atoms with E-state index in [0.717, 1.165) is 4.90 Å².